The van der Waals surface area contributed by atoms with Gasteiger partial charge in [-0.2, -0.15) is 18.4 Å². The van der Waals surface area contributed by atoms with Gasteiger partial charge in [0.1, 0.15) is 11.6 Å². The molecule has 2 N–H and O–H groups in total. The van der Waals surface area contributed by atoms with Crippen LogP contribution in [-0.2, 0) is 11.0 Å². The SMILES string of the molecule is C=CC(=O)N1CCN(c2c(C#N)c(=O)n(-c3ccccc3C(C)C)c3cc(-c4cc(C(F)(F)F)cc(Cl)c4N)c(Cl)cc23)[C@@H](C)C1. The van der Waals surface area contributed by atoms with E-state index in [4.69, 9.17) is 28.9 Å². The van der Waals surface area contributed by atoms with Gasteiger partial charge in [0.05, 0.1) is 33.2 Å². The summed E-state index contributed by atoms with van der Waals surface area (Å²) in [6, 6.07) is 13.7. The lowest BCUT2D eigenvalue weighted by Gasteiger charge is -2.41. The predicted octanol–water partition coefficient (Wildman–Crippen LogP) is 7.78. The Balaban J connectivity index is 1.90. The number of rotatable bonds is 5. The zero-order valence-electron chi connectivity index (χ0n) is 25.3. The van der Waals surface area contributed by atoms with Crippen LogP contribution in [0.3, 0.4) is 0 Å². The summed E-state index contributed by atoms with van der Waals surface area (Å²) in [5.41, 5.74) is 6.36. The minimum absolute atomic E-state index is 0.0245. The number of hydrogen-bond acceptors (Lipinski definition) is 5. The molecule has 1 saturated heterocycles. The number of anilines is 2. The molecule has 12 heteroatoms. The first-order valence-electron chi connectivity index (χ1n) is 14.5. The number of carbonyl (C=O) groups excluding carboxylic acids is 1. The average molecular weight is 669 g/mol. The van der Waals surface area contributed by atoms with Crippen LogP contribution >= 0.6 is 23.2 Å². The fourth-order valence-corrected chi connectivity index (χ4v) is 6.53. The van der Waals surface area contributed by atoms with E-state index < -0.39 is 17.3 Å². The molecule has 0 spiro atoms. The summed E-state index contributed by atoms with van der Waals surface area (Å²) < 4.78 is 42.9. The lowest BCUT2D eigenvalue weighted by Crippen LogP contribution is -2.54. The van der Waals surface area contributed by atoms with Crippen LogP contribution in [0.2, 0.25) is 10.0 Å². The molecule has 7 nitrogen and oxygen atoms in total. The molecular weight excluding hydrogens is 638 g/mol. The maximum atomic E-state index is 14.4. The minimum Gasteiger partial charge on any atom is -0.397 e. The monoisotopic (exact) mass is 667 g/mol. The van der Waals surface area contributed by atoms with Crippen LogP contribution in [-0.4, -0.2) is 41.1 Å². The third kappa shape index (κ3) is 5.70. The van der Waals surface area contributed by atoms with E-state index in [1.54, 1.807) is 17.0 Å². The molecule has 4 aromatic rings. The van der Waals surface area contributed by atoms with Gasteiger partial charge in [-0.25, -0.2) is 0 Å². The van der Waals surface area contributed by atoms with Crippen LogP contribution in [0.15, 0.2) is 66.0 Å². The highest BCUT2D eigenvalue weighted by molar-refractivity contribution is 6.36. The molecule has 0 bridgehead atoms. The number of nitrogens with two attached hydrogens (primary N) is 1. The van der Waals surface area contributed by atoms with Gasteiger partial charge in [0.15, 0.2) is 0 Å². The zero-order valence-corrected chi connectivity index (χ0v) is 26.8. The van der Waals surface area contributed by atoms with E-state index in [1.165, 1.54) is 22.8 Å². The van der Waals surface area contributed by atoms with Crippen molar-refractivity contribution < 1.29 is 18.0 Å². The fraction of sp³-hybridized carbons (Fsp3) is 0.265. The number of nitrogens with zero attached hydrogens (tertiary/aromatic N) is 4. The second kappa shape index (κ2) is 12.4. The maximum absolute atomic E-state index is 14.4. The van der Waals surface area contributed by atoms with Gasteiger partial charge in [-0.3, -0.25) is 14.2 Å². The summed E-state index contributed by atoms with van der Waals surface area (Å²) in [6.45, 7) is 10.3. The lowest BCUT2D eigenvalue weighted by molar-refractivity contribution is -0.137. The summed E-state index contributed by atoms with van der Waals surface area (Å²) in [7, 11) is 0. The second-order valence-electron chi connectivity index (χ2n) is 11.5. The molecule has 238 valence electrons. The number of pyridine rings is 1. The van der Waals surface area contributed by atoms with Crippen LogP contribution in [0.4, 0.5) is 24.5 Å². The van der Waals surface area contributed by atoms with Crippen LogP contribution in [0.1, 0.15) is 43.4 Å². The van der Waals surface area contributed by atoms with Crippen molar-refractivity contribution in [3.05, 3.63) is 98.3 Å². The highest BCUT2D eigenvalue weighted by Gasteiger charge is 2.34. The second-order valence-corrected chi connectivity index (χ2v) is 12.3. The van der Waals surface area contributed by atoms with E-state index in [1.807, 2.05) is 37.8 Å². The van der Waals surface area contributed by atoms with Crippen molar-refractivity contribution in [2.45, 2.75) is 38.9 Å². The van der Waals surface area contributed by atoms with Gasteiger partial charge >= 0.3 is 6.18 Å². The van der Waals surface area contributed by atoms with E-state index in [0.717, 1.165) is 17.7 Å². The first kappa shape index (κ1) is 32.9. The first-order chi connectivity index (χ1) is 21.7. The van der Waals surface area contributed by atoms with Gasteiger partial charge in [0.25, 0.3) is 5.56 Å². The molecule has 1 aliphatic heterocycles. The zero-order chi connectivity index (χ0) is 33.7. The van der Waals surface area contributed by atoms with Gasteiger partial charge in [-0.05, 0) is 54.8 Å². The Kier molecular flexibility index (Phi) is 8.86. The van der Waals surface area contributed by atoms with Crippen LogP contribution in [0, 0.1) is 11.3 Å². The highest BCUT2D eigenvalue weighted by atomic mass is 35.5. The molecule has 1 amide bonds. The summed E-state index contributed by atoms with van der Waals surface area (Å²) in [6.07, 6.45) is -3.48. The molecule has 0 saturated carbocycles. The Bertz CT molecular complexity index is 2000. The number of benzene rings is 3. The van der Waals surface area contributed by atoms with Gasteiger partial charge in [0.2, 0.25) is 5.91 Å². The number of fused-ring (bicyclic) bond motifs is 1. The Morgan fingerprint density at radius 2 is 1.80 bits per heavy atom. The quantitative estimate of drug-likeness (QED) is 0.173. The average Bonchev–Trinajstić information content (AvgIpc) is 3.01. The Labute approximate surface area is 273 Å². The first-order valence-corrected chi connectivity index (χ1v) is 15.2. The van der Waals surface area contributed by atoms with Gasteiger partial charge < -0.3 is 15.5 Å². The molecular formula is C34H30Cl2F3N5O2. The van der Waals surface area contributed by atoms with Gasteiger partial charge in [-0.15, -0.1) is 0 Å². The highest BCUT2D eigenvalue weighted by Crippen LogP contribution is 2.44. The van der Waals surface area contributed by atoms with E-state index in [0.29, 0.717) is 41.9 Å². The number of para-hydroxylation sites is 1. The number of hydrogen-bond donors (Lipinski definition) is 1. The van der Waals surface area contributed by atoms with E-state index in [2.05, 4.69) is 12.6 Å². The van der Waals surface area contributed by atoms with Crippen molar-refractivity contribution in [2.24, 2.45) is 0 Å². The minimum atomic E-state index is -4.71. The Morgan fingerprint density at radius 1 is 1.11 bits per heavy atom. The van der Waals surface area contributed by atoms with Crippen LogP contribution in [0.5, 0.6) is 0 Å². The number of amides is 1. The summed E-state index contributed by atoms with van der Waals surface area (Å²) in [4.78, 5) is 30.3. The van der Waals surface area contributed by atoms with E-state index >= 15 is 0 Å². The van der Waals surface area contributed by atoms with Gasteiger partial charge in [0, 0.05) is 47.2 Å². The fourth-order valence-electron chi connectivity index (χ4n) is 6.04. The van der Waals surface area contributed by atoms with Crippen LogP contribution in [0.25, 0.3) is 27.7 Å². The Morgan fingerprint density at radius 3 is 2.41 bits per heavy atom. The molecule has 5 rings (SSSR count). The molecule has 0 radical (unpaired) electrons. The lowest BCUT2D eigenvalue weighted by atomic mass is 9.96. The molecule has 0 unspecified atom stereocenters. The Hall–Kier alpha value is -4.46. The number of aromatic nitrogens is 1. The smallest absolute Gasteiger partial charge is 0.397 e. The van der Waals surface area contributed by atoms with Crippen molar-refractivity contribution in [1.82, 2.24) is 9.47 Å². The summed E-state index contributed by atoms with van der Waals surface area (Å²) in [5.74, 6) is -0.258. The third-order valence-corrected chi connectivity index (χ3v) is 8.92. The molecule has 3 aromatic carbocycles. The number of alkyl halides is 3. The topological polar surface area (TPSA) is 95.4 Å². The normalized spacial score (nSPS) is 15.3. The van der Waals surface area contributed by atoms with E-state index in [9.17, 15) is 28.0 Å². The number of halogens is 5. The van der Waals surface area contributed by atoms with Crippen LogP contribution < -0.4 is 16.2 Å². The summed E-state index contributed by atoms with van der Waals surface area (Å²) >= 11 is 13.0. The molecule has 1 aromatic heterocycles. The van der Waals surface area contributed by atoms with Crippen molar-refractivity contribution in [3.8, 4) is 22.9 Å². The molecule has 0 aliphatic carbocycles. The van der Waals surface area contributed by atoms with Gasteiger partial charge in [-0.1, -0.05) is 61.8 Å². The number of piperazine rings is 1. The molecule has 1 fully saturated rings. The molecule has 1 atom stereocenters. The van der Waals surface area contributed by atoms with Crippen molar-refractivity contribution in [3.63, 3.8) is 0 Å². The number of carbonyl (C=O) groups is 1. The number of nitriles is 1. The largest absolute Gasteiger partial charge is 0.416 e. The van der Waals surface area contributed by atoms with Crippen molar-refractivity contribution >= 4 is 51.4 Å². The predicted molar refractivity (Wildman–Crippen MR) is 177 cm³/mol. The molecule has 46 heavy (non-hydrogen) atoms. The number of nitrogen functional groups attached to an aromatic ring is 1. The molecule has 2 heterocycles. The van der Waals surface area contributed by atoms with Crippen molar-refractivity contribution in [2.75, 3.05) is 30.3 Å². The third-order valence-electron chi connectivity index (χ3n) is 8.29. The summed E-state index contributed by atoms with van der Waals surface area (Å²) in [5, 5.41) is 10.6. The molecule has 1 aliphatic rings. The van der Waals surface area contributed by atoms with E-state index in [-0.39, 0.29) is 50.3 Å². The maximum Gasteiger partial charge on any atom is 0.416 e. The van der Waals surface area contributed by atoms with Crippen molar-refractivity contribution in [1.29, 1.82) is 5.26 Å². The standard InChI is InChI=1S/C34H30Cl2F3N5O2/c1-5-30(45)42-10-11-43(19(4)17-42)32-24-14-26(35)22(23-12-20(34(37,38)39)13-27(36)31(23)41)15-29(24)44(33(46)25(32)16-40)28-9-7-6-8-21(28)18(2)3/h5-9,12-15,18-19H,1,10-11,17,41H2,2-4H3/t19-/m0/s1.